The van der Waals surface area contributed by atoms with Crippen LogP contribution in [0.25, 0.3) is 0 Å². The first-order chi connectivity index (χ1) is 9.18. The Morgan fingerprint density at radius 3 is 3.05 bits per heavy atom. The van der Waals surface area contributed by atoms with Crippen LogP contribution >= 0.6 is 46.1 Å². The molecule has 6 heteroatoms. The topological polar surface area (TPSA) is 25.8 Å². The molecular formula is C13H23IN3S2+. The lowest BCUT2D eigenvalue weighted by atomic mass is 9.94. The second kappa shape index (κ2) is 7.56. The maximum atomic E-state index is 4.62. The van der Waals surface area contributed by atoms with Gasteiger partial charge in [0.05, 0.1) is 43.5 Å². The Morgan fingerprint density at radius 2 is 2.32 bits per heavy atom. The Hall–Kier alpha value is 0.600. The summed E-state index contributed by atoms with van der Waals surface area (Å²) in [6.07, 6.45) is 5.14. The van der Waals surface area contributed by atoms with Crippen molar-refractivity contribution in [1.82, 2.24) is 8.75 Å². The van der Waals surface area contributed by atoms with E-state index in [4.69, 9.17) is 0 Å². The van der Waals surface area contributed by atoms with Gasteiger partial charge in [0.25, 0.3) is 0 Å². The zero-order chi connectivity index (χ0) is 13.7. The number of unbranched alkanes of at least 4 members (excludes halogenated alkanes) is 1. The van der Waals surface area contributed by atoms with Gasteiger partial charge in [-0.05, 0) is 47.6 Å². The van der Waals surface area contributed by atoms with Gasteiger partial charge in [0.1, 0.15) is 9.58 Å². The summed E-state index contributed by atoms with van der Waals surface area (Å²) >= 11 is 5.82. The molecule has 2 atom stereocenters. The summed E-state index contributed by atoms with van der Waals surface area (Å²) in [5, 5.41) is 1.21. The zero-order valence-electron chi connectivity index (χ0n) is 11.8. The van der Waals surface area contributed by atoms with Crippen LogP contribution in [0, 0.1) is 0 Å². The Morgan fingerprint density at radius 1 is 1.47 bits per heavy atom. The number of halogens is 1. The van der Waals surface area contributed by atoms with Gasteiger partial charge in [-0.15, -0.1) is 11.8 Å². The first kappa shape index (κ1) is 16.0. The average molecular weight is 412 g/mol. The number of nitrogens with zero attached hydrogens (tertiary/aromatic N) is 3. The number of likely N-dealkylation sites (N-methyl/N-ethyl adjacent to an activating group) is 1. The van der Waals surface area contributed by atoms with E-state index in [1.807, 2.05) is 11.8 Å². The fourth-order valence-electron chi connectivity index (χ4n) is 2.62. The molecule has 0 aliphatic carbocycles. The molecule has 19 heavy (non-hydrogen) atoms. The van der Waals surface area contributed by atoms with Gasteiger partial charge < -0.3 is 4.48 Å². The van der Waals surface area contributed by atoms with Gasteiger partial charge in [0.15, 0.2) is 0 Å². The van der Waals surface area contributed by atoms with Gasteiger partial charge in [0.2, 0.25) is 0 Å². The highest BCUT2D eigenvalue weighted by molar-refractivity contribution is 14.1. The first-order valence-electron chi connectivity index (χ1n) is 7.03. The molecule has 0 bridgehead atoms. The Bertz CT molecular complexity index is 399. The van der Waals surface area contributed by atoms with Gasteiger partial charge >= 0.3 is 0 Å². The van der Waals surface area contributed by atoms with E-state index in [2.05, 4.69) is 45.3 Å². The lowest BCUT2D eigenvalue weighted by molar-refractivity contribution is -0.900. The predicted molar refractivity (Wildman–Crippen MR) is 92.3 cm³/mol. The van der Waals surface area contributed by atoms with Crippen LogP contribution in [0.3, 0.4) is 0 Å². The van der Waals surface area contributed by atoms with E-state index in [-0.39, 0.29) is 0 Å². The summed E-state index contributed by atoms with van der Waals surface area (Å²) in [7, 11) is 2.38. The summed E-state index contributed by atoms with van der Waals surface area (Å²) in [5.41, 5.74) is 1.29. The SMILES string of the molecule is CCCCSc1nsnc1C1CCC[N+](C)(CI)C1. The Balaban J connectivity index is 2.03. The quantitative estimate of drug-likeness (QED) is 0.175. The highest BCUT2D eigenvalue weighted by Gasteiger charge is 2.33. The fourth-order valence-corrected chi connectivity index (χ4v) is 5.12. The molecular weight excluding hydrogens is 389 g/mol. The van der Waals surface area contributed by atoms with Gasteiger partial charge in [0, 0.05) is 0 Å². The lowest BCUT2D eigenvalue weighted by Gasteiger charge is -2.39. The summed E-state index contributed by atoms with van der Waals surface area (Å²) in [5.74, 6) is 1.80. The van der Waals surface area contributed by atoms with Crippen molar-refractivity contribution < 1.29 is 4.48 Å². The molecule has 3 nitrogen and oxygen atoms in total. The molecule has 0 aromatic carbocycles. The maximum Gasteiger partial charge on any atom is 0.134 e. The van der Waals surface area contributed by atoms with Crippen molar-refractivity contribution >= 4 is 46.1 Å². The molecule has 0 N–H and O–H groups in total. The third-order valence-corrected chi connectivity index (χ3v) is 7.18. The van der Waals surface area contributed by atoms with Crippen LogP contribution < -0.4 is 0 Å². The van der Waals surface area contributed by atoms with Crippen molar-refractivity contribution in [1.29, 1.82) is 0 Å². The molecule has 1 aromatic heterocycles. The van der Waals surface area contributed by atoms with Crippen LogP contribution in [0.4, 0.5) is 0 Å². The molecule has 0 radical (unpaired) electrons. The molecule has 0 saturated carbocycles. The molecule has 108 valence electrons. The maximum absolute atomic E-state index is 4.62. The van der Waals surface area contributed by atoms with E-state index >= 15 is 0 Å². The number of likely N-dealkylation sites (tertiary alicyclic amines) is 1. The summed E-state index contributed by atoms with van der Waals surface area (Å²) < 4.78 is 11.5. The molecule has 0 amide bonds. The van der Waals surface area contributed by atoms with E-state index in [1.165, 1.54) is 76.0 Å². The van der Waals surface area contributed by atoms with Crippen LogP contribution in [-0.4, -0.2) is 43.7 Å². The van der Waals surface area contributed by atoms with E-state index in [0.717, 1.165) is 0 Å². The number of rotatable bonds is 6. The normalized spacial score (nSPS) is 27.6. The number of hydrogen-bond donors (Lipinski definition) is 0. The highest BCUT2D eigenvalue weighted by atomic mass is 127. The largest absolute Gasteiger partial charge is 0.317 e. The standard InChI is InChI=1S/C13H23IN3S2/c1-3-4-8-18-13-12(15-19-16-13)11-6-5-7-17(2,9-11)10-14/h11H,3-10H2,1-2H3/q+1. The zero-order valence-corrected chi connectivity index (χ0v) is 15.6. The summed E-state index contributed by atoms with van der Waals surface area (Å²) in [6.45, 7) is 4.79. The van der Waals surface area contributed by atoms with Crippen LogP contribution in [0.1, 0.15) is 44.2 Å². The summed E-state index contributed by atoms with van der Waals surface area (Å²) in [4.78, 5) is 0. The Labute approximate surface area is 138 Å². The molecule has 2 rings (SSSR count). The van der Waals surface area contributed by atoms with Crippen molar-refractivity contribution in [2.24, 2.45) is 0 Å². The van der Waals surface area contributed by atoms with Crippen LogP contribution in [0.15, 0.2) is 5.03 Å². The minimum absolute atomic E-state index is 0.622. The highest BCUT2D eigenvalue weighted by Crippen LogP contribution is 2.35. The molecule has 1 aliphatic rings. The number of alkyl halides is 1. The van der Waals surface area contributed by atoms with Gasteiger partial charge in [-0.1, -0.05) is 13.3 Å². The molecule has 2 unspecified atom stereocenters. The third-order valence-electron chi connectivity index (χ3n) is 3.81. The van der Waals surface area contributed by atoms with Gasteiger partial charge in [-0.2, -0.15) is 8.75 Å². The van der Waals surface area contributed by atoms with Crippen molar-refractivity contribution in [3.05, 3.63) is 5.69 Å². The minimum Gasteiger partial charge on any atom is -0.317 e. The van der Waals surface area contributed by atoms with Crippen LogP contribution in [0.5, 0.6) is 0 Å². The van der Waals surface area contributed by atoms with Crippen LogP contribution in [-0.2, 0) is 0 Å². The second-order valence-electron chi connectivity index (χ2n) is 5.64. The lowest BCUT2D eigenvalue weighted by Crippen LogP contribution is -2.49. The predicted octanol–water partition coefficient (Wildman–Crippen LogP) is 4.15. The summed E-state index contributed by atoms with van der Waals surface area (Å²) in [6, 6.07) is 0. The Kier molecular flexibility index (Phi) is 6.36. The van der Waals surface area contributed by atoms with Crippen molar-refractivity contribution in [2.75, 3.05) is 30.4 Å². The number of hydrogen-bond acceptors (Lipinski definition) is 4. The second-order valence-corrected chi connectivity index (χ2v) is 7.94. The molecule has 1 saturated heterocycles. The van der Waals surface area contributed by atoms with E-state index in [0.29, 0.717) is 5.92 Å². The van der Waals surface area contributed by atoms with Crippen LogP contribution in [0.2, 0.25) is 0 Å². The first-order valence-corrected chi connectivity index (χ1v) is 10.3. The molecule has 2 heterocycles. The van der Waals surface area contributed by atoms with E-state index in [9.17, 15) is 0 Å². The van der Waals surface area contributed by atoms with E-state index in [1.54, 1.807) is 0 Å². The van der Waals surface area contributed by atoms with Crippen molar-refractivity contribution in [3.8, 4) is 0 Å². The third kappa shape index (κ3) is 4.28. The monoisotopic (exact) mass is 412 g/mol. The number of quaternary nitrogens is 1. The number of piperidine rings is 1. The van der Waals surface area contributed by atoms with Crippen molar-refractivity contribution in [2.45, 2.75) is 43.6 Å². The van der Waals surface area contributed by atoms with E-state index < -0.39 is 0 Å². The van der Waals surface area contributed by atoms with Gasteiger partial charge in [-0.3, -0.25) is 0 Å². The van der Waals surface area contributed by atoms with Crippen molar-refractivity contribution in [3.63, 3.8) is 0 Å². The molecule has 1 fully saturated rings. The van der Waals surface area contributed by atoms with Gasteiger partial charge in [-0.25, -0.2) is 0 Å². The fraction of sp³-hybridized carbons (Fsp3) is 0.846. The molecule has 1 aromatic rings. The molecule has 1 aliphatic heterocycles. The number of aromatic nitrogens is 2. The smallest absolute Gasteiger partial charge is 0.134 e. The average Bonchev–Trinajstić information content (AvgIpc) is 2.88. The molecule has 0 spiro atoms. The number of thioether (sulfide) groups is 1. The minimum atomic E-state index is 0.622.